The van der Waals surface area contributed by atoms with E-state index in [0.717, 1.165) is 58.2 Å². The molecule has 0 spiro atoms. The fourth-order valence-electron chi connectivity index (χ4n) is 3.88. The lowest BCUT2D eigenvalue weighted by Gasteiger charge is -2.35. The Bertz CT molecular complexity index is 400. The van der Waals surface area contributed by atoms with Crippen LogP contribution in [0, 0.1) is 23.7 Å². The molecule has 1 atom stereocenters. The van der Waals surface area contributed by atoms with Crippen molar-refractivity contribution in [1.82, 2.24) is 10.2 Å². The van der Waals surface area contributed by atoms with Crippen LogP contribution in [0.1, 0.15) is 65.7 Å². The Morgan fingerprint density at radius 3 is 2.35 bits per heavy atom. The highest BCUT2D eigenvalue weighted by Gasteiger charge is 2.33. The lowest BCUT2D eigenvalue weighted by Crippen LogP contribution is -2.44. The molecule has 2 fully saturated rings. The van der Waals surface area contributed by atoms with Crippen LogP contribution in [0.15, 0.2) is 0 Å². The van der Waals surface area contributed by atoms with Gasteiger partial charge in [-0.2, -0.15) is 0 Å². The molecule has 1 aliphatic carbocycles. The molecular weight excluding hydrogens is 288 g/mol. The van der Waals surface area contributed by atoms with Crippen LogP contribution in [-0.2, 0) is 9.59 Å². The van der Waals surface area contributed by atoms with Crippen molar-refractivity contribution in [2.45, 2.75) is 65.7 Å². The Labute approximate surface area is 141 Å². The maximum atomic E-state index is 12.6. The summed E-state index contributed by atoms with van der Waals surface area (Å²) in [6, 6.07) is 0. The van der Waals surface area contributed by atoms with Crippen LogP contribution in [-0.4, -0.2) is 36.3 Å². The quantitative estimate of drug-likeness (QED) is 0.845. The average molecular weight is 322 g/mol. The predicted molar refractivity (Wildman–Crippen MR) is 92.9 cm³/mol. The van der Waals surface area contributed by atoms with Gasteiger partial charge in [0, 0.05) is 31.5 Å². The van der Waals surface area contributed by atoms with E-state index in [1.165, 1.54) is 6.42 Å². The molecule has 0 aromatic carbocycles. The van der Waals surface area contributed by atoms with E-state index in [1.54, 1.807) is 0 Å². The normalized spacial score (nSPS) is 28.7. The molecule has 2 aliphatic rings. The monoisotopic (exact) mass is 322 g/mol. The standard InChI is InChI=1S/C19H34N2O2/c1-14(2)10-11-20-18(22)16-6-8-17(9-7-16)19(23)21-12-4-5-15(3)13-21/h14-17H,4-13H2,1-3H3,(H,20,22). The van der Waals surface area contributed by atoms with E-state index in [1.807, 2.05) is 0 Å². The van der Waals surface area contributed by atoms with Crippen LogP contribution in [0.25, 0.3) is 0 Å². The number of piperidine rings is 1. The minimum atomic E-state index is 0.117. The van der Waals surface area contributed by atoms with Crippen molar-refractivity contribution in [1.29, 1.82) is 0 Å². The highest BCUT2D eigenvalue weighted by molar-refractivity contribution is 5.81. The second-order valence-corrected chi connectivity index (χ2v) is 8.05. The zero-order valence-corrected chi connectivity index (χ0v) is 15.1. The minimum Gasteiger partial charge on any atom is -0.356 e. The van der Waals surface area contributed by atoms with Crippen molar-refractivity contribution in [3.05, 3.63) is 0 Å². The Hall–Kier alpha value is -1.06. The second-order valence-electron chi connectivity index (χ2n) is 8.05. The van der Waals surface area contributed by atoms with Gasteiger partial charge in [0.25, 0.3) is 0 Å². The smallest absolute Gasteiger partial charge is 0.225 e. The van der Waals surface area contributed by atoms with Crippen LogP contribution >= 0.6 is 0 Å². The number of rotatable bonds is 5. The van der Waals surface area contributed by atoms with E-state index in [0.29, 0.717) is 17.7 Å². The molecule has 2 amide bonds. The van der Waals surface area contributed by atoms with E-state index in [2.05, 4.69) is 31.0 Å². The van der Waals surface area contributed by atoms with Crippen molar-refractivity contribution in [2.75, 3.05) is 19.6 Å². The van der Waals surface area contributed by atoms with Gasteiger partial charge in [-0.25, -0.2) is 0 Å². The van der Waals surface area contributed by atoms with Gasteiger partial charge in [-0.1, -0.05) is 20.8 Å². The summed E-state index contributed by atoms with van der Waals surface area (Å²) in [6.45, 7) is 9.21. The number of nitrogens with one attached hydrogen (secondary N) is 1. The number of hydrogen-bond acceptors (Lipinski definition) is 2. The molecule has 4 nitrogen and oxygen atoms in total. The fourth-order valence-corrected chi connectivity index (χ4v) is 3.88. The lowest BCUT2D eigenvalue weighted by molar-refractivity contribution is -0.140. The van der Waals surface area contributed by atoms with Crippen molar-refractivity contribution >= 4 is 11.8 Å². The average Bonchev–Trinajstić information content (AvgIpc) is 2.54. The van der Waals surface area contributed by atoms with Gasteiger partial charge in [0.05, 0.1) is 0 Å². The summed E-state index contributed by atoms with van der Waals surface area (Å²) in [6.07, 6.45) is 6.92. The first-order valence-electron chi connectivity index (χ1n) is 9.54. The van der Waals surface area contributed by atoms with Crippen LogP contribution in [0.5, 0.6) is 0 Å². The van der Waals surface area contributed by atoms with Crippen LogP contribution in [0.3, 0.4) is 0 Å². The molecule has 1 saturated heterocycles. The summed E-state index contributed by atoms with van der Waals surface area (Å²) in [5, 5.41) is 3.06. The van der Waals surface area contributed by atoms with Crippen molar-refractivity contribution in [3.63, 3.8) is 0 Å². The van der Waals surface area contributed by atoms with E-state index >= 15 is 0 Å². The molecule has 4 heteroatoms. The number of hydrogen-bond donors (Lipinski definition) is 1. The molecular formula is C19H34N2O2. The van der Waals surface area contributed by atoms with E-state index in [9.17, 15) is 9.59 Å². The highest BCUT2D eigenvalue weighted by atomic mass is 16.2. The molecule has 0 aromatic heterocycles. The molecule has 2 rings (SSSR count). The predicted octanol–water partition coefficient (Wildman–Crippen LogP) is 3.21. The van der Waals surface area contributed by atoms with Gasteiger partial charge in [-0.05, 0) is 56.8 Å². The lowest BCUT2D eigenvalue weighted by atomic mass is 9.80. The van der Waals surface area contributed by atoms with Gasteiger partial charge in [0.1, 0.15) is 0 Å². The number of carbonyl (C=O) groups excluding carboxylic acids is 2. The molecule has 1 aliphatic heterocycles. The topological polar surface area (TPSA) is 49.4 Å². The van der Waals surface area contributed by atoms with Crippen molar-refractivity contribution in [3.8, 4) is 0 Å². The summed E-state index contributed by atoms with van der Waals surface area (Å²) in [4.78, 5) is 26.9. The third kappa shape index (κ3) is 5.50. The van der Waals surface area contributed by atoms with Crippen molar-refractivity contribution in [2.24, 2.45) is 23.7 Å². The maximum Gasteiger partial charge on any atom is 0.225 e. The van der Waals surface area contributed by atoms with Gasteiger partial charge in [0.15, 0.2) is 0 Å². The van der Waals surface area contributed by atoms with Crippen LogP contribution in [0.4, 0.5) is 0 Å². The Morgan fingerprint density at radius 2 is 1.74 bits per heavy atom. The summed E-state index contributed by atoms with van der Waals surface area (Å²) >= 11 is 0. The van der Waals surface area contributed by atoms with Gasteiger partial charge in [-0.15, -0.1) is 0 Å². The second kappa shape index (κ2) is 8.70. The maximum absolute atomic E-state index is 12.6. The van der Waals surface area contributed by atoms with Crippen molar-refractivity contribution < 1.29 is 9.59 Å². The van der Waals surface area contributed by atoms with Gasteiger partial charge in [-0.3, -0.25) is 9.59 Å². The van der Waals surface area contributed by atoms with Crippen LogP contribution < -0.4 is 5.32 Å². The number of likely N-dealkylation sites (tertiary alicyclic amines) is 1. The number of carbonyl (C=O) groups is 2. The zero-order valence-electron chi connectivity index (χ0n) is 15.1. The molecule has 1 N–H and O–H groups in total. The fraction of sp³-hybridized carbons (Fsp3) is 0.895. The van der Waals surface area contributed by atoms with Gasteiger partial charge in [0.2, 0.25) is 11.8 Å². The molecule has 1 heterocycles. The first kappa shape index (κ1) is 18.3. The minimum absolute atomic E-state index is 0.117. The summed E-state index contributed by atoms with van der Waals surface area (Å²) in [7, 11) is 0. The first-order chi connectivity index (χ1) is 11.0. The molecule has 0 bridgehead atoms. The van der Waals surface area contributed by atoms with E-state index < -0.39 is 0 Å². The molecule has 23 heavy (non-hydrogen) atoms. The molecule has 132 valence electrons. The van der Waals surface area contributed by atoms with Gasteiger partial charge < -0.3 is 10.2 Å². The summed E-state index contributed by atoms with van der Waals surface area (Å²) in [5.41, 5.74) is 0. The first-order valence-corrected chi connectivity index (χ1v) is 9.54. The third-order valence-electron chi connectivity index (χ3n) is 5.44. The largest absolute Gasteiger partial charge is 0.356 e. The van der Waals surface area contributed by atoms with Crippen LogP contribution in [0.2, 0.25) is 0 Å². The summed E-state index contributed by atoms with van der Waals surface area (Å²) < 4.78 is 0. The molecule has 1 unspecified atom stereocenters. The number of nitrogens with zero attached hydrogens (tertiary/aromatic N) is 1. The van der Waals surface area contributed by atoms with E-state index in [4.69, 9.17) is 0 Å². The highest BCUT2D eigenvalue weighted by Crippen LogP contribution is 2.31. The molecule has 0 aromatic rings. The van der Waals surface area contributed by atoms with E-state index in [-0.39, 0.29) is 17.7 Å². The SMILES string of the molecule is CC(C)CCNC(=O)C1CCC(C(=O)N2CCCC(C)C2)CC1. The zero-order chi connectivity index (χ0) is 16.8. The third-order valence-corrected chi connectivity index (χ3v) is 5.44. The Balaban J connectivity index is 1.72. The molecule has 1 saturated carbocycles. The Kier molecular flexibility index (Phi) is 6.91. The Morgan fingerprint density at radius 1 is 1.09 bits per heavy atom. The number of amides is 2. The molecule has 0 radical (unpaired) electrons. The summed E-state index contributed by atoms with van der Waals surface area (Å²) in [5.74, 6) is 2.07. The van der Waals surface area contributed by atoms with Gasteiger partial charge >= 0.3 is 0 Å².